The molecule has 0 spiro atoms. The molecule has 7 heteroatoms. The Morgan fingerprint density at radius 1 is 1.18 bits per heavy atom. The second-order valence-electron chi connectivity index (χ2n) is 6.50. The third-order valence-electron chi connectivity index (χ3n) is 4.30. The molecule has 3 rings (SSSR count). The topological polar surface area (TPSA) is 60.7 Å². The Morgan fingerprint density at radius 3 is 2.71 bits per heavy atom. The minimum atomic E-state index is -0.435. The van der Waals surface area contributed by atoms with Gasteiger partial charge in [-0.2, -0.15) is 4.99 Å². The van der Waals surface area contributed by atoms with Gasteiger partial charge < -0.3 is 9.30 Å². The molecule has 0 aliphatic heterocycles. The number of hydrogen-bond acceptors (Lipinski definition) is 4. The van der Waals surface area contributed by atoms with Gasteiger partial charge >= 0.3 is 5.97 Å². The van der Waals surface area contributed by atoms with Crippen molar-refractivity contribution < 1.29 is 18.7 Å². The number of carbonyl (C=O) groups excluding carboxylic acids is 2. The summed E-state index contributed by atoms with van der Waals surface area (Å²) in [7, 11) is 0. The highest BCUT2D eigenvalue weighted by molar-refractivity contribution is 7.16. The largest absolute Gasteiger partial charge is 0.465 e. The second kappa shape index (κ2) is 8.48. The van der Waals surface area contributed by atoms with Gasteiger partial charge in [-0.1, -0.05) is 35.1 Å². The normalized spacial score (nSPS) is 11.8. The molecule has 28 heavy (non-hydrogen) atoms. The molecular weight excluding hydrogens is 379 g/mol. The van der Waals surface area contributed by atoms with E-state index < -0.39 is 5.97 Å². The number of nitrogens with zero attached hydrogens (tertiary/aromatic N) is 2. The zero-order valence-corrected chi connectivity index (χ0v) is 16.8. The number of aromatic nitrogens is 1. The number of aryl methyl sites for hydroxylation is 2. The molecule has 0 saturated heterocycles. The molecule has 1 heterocycles. The Bertz CT molecular complexity index is 1110. The molecule has 1 aromatic heterocycles. The molecule has 0 fully saturated rings. The average molecular weight is 400 g/mol. The first kappa shape index (κ1) is 19.9. The summed E-state index contributed by atoms with van der Waals surface area (Å²) < 4.78 is 20.8. The number of rotatable bonds is 5. The molecule has 5 nitrogen and oxygen atoms in total. The molecule has 2 aromatic carbocycles. The molecule has 1 amide bonds. The Morgan fingerprint density at radius 2 is 1.96 bits per heavy atom. The lowest BCUT2D eigenvalue weighted by molar-refractivity contribution is -0.143. The average Bonchev–Trinajstić information content (AvgIpc) is 2.94. The van der Waals surface area contributed by atoms with E-state index in [0.29, 0.717) is 15.0 Å². The first-order chi connectivity index (χ1) is 13.4. The number of esters is 1. The highest BCUT2D eigenvalue weighted by atomic mass is 32.1. The van der Waals surface area contributed by atoms with Gasteiger partial charge in [0.05, 0.1) is 23.2 Å². The van der Waals surface area contributed by atoms with Crippen molar-refractivity contribution in [1.29, 1.82) is 0 Å². The SMILES string of the molecule is CCOC(=O)Cn1c(=NC(=O)Cc2cc(C)ccc2C)sc2cc(F)ccc21. The fourth-order valence-corrected chi connectivity index (χ4v) is 3.99. The molecule has 0 bridgehead atoms. The zero-order valence-electron chi connectivity index (χ0n) is 16.0. The number of halogens is 1. The smallest absolute Gasteiger partial charge is 0.326 e. The van der Waals surface area contributed by atoms with Crippen LogP contribution in [0.25, 0.3) is 10.2 Å². The number of fused-ring (bicyclic) bond motifs is 1. The van der Waals surface area contributed by atoms with Crippen LogP contribution in [0.3, 0.4) is 0 Å². The number of hydrogen-bond donors (Lipinski definition) is 0. The Hall–Kier alpha value is -2.80. The fourth-order valence-electron chi connectivity index (χ4n) is 2.92. The van der Waals surface area contributed by atoms with Crippen LogP contribution in [0.2, 0.25) is 0 Å². The Labute approximate surface area is 166 Å². The number of amides is 1. The first-order valence-electron chi connectivity index (χ1n) is 8.95. The van der Waals surface area contributed by atoms with Gasteiger partial charge in [-0.3, -0.25) is 9.59 Å². The van der Waals surface area contributed by atoms with E-state index in [9.17, 15) is 14.0 Å². The summed E-state index contributed by atoms with van der Waals surface area (Å²) in [4.78, 5) is 29.2. The quantitative estimate of drug-likeness (QED) is 0.614. The summed E-state index contributed by atoms with van der Waals surface area (Å²) in [6.07, 6.45) is 0.162. The maximum absolute atomic E-state index is 13.6. The van der Waals surface area contributed by atoms with E-state index in [1.54, 1.807) is 17.6 Å². The Balaban J connectivity index is 2.01. The molecule has 0 atom stereocenters. The third kappa shape index (κ3) is 4.54. The van der Waals surface area contributed by atoms with Gasteiger partial charge in [-0.15, -0.1) is 0 Å². The van der Waals surface area contributed by atoms with Crippen molar-refractivity contribution in [3.05, 3.63) is 63.7 Å². The molecule has 0 unspecified atom stereocenters. The highest BCUT2D eigenvalue weighted by Crippen LogP contribution is 2.19. The van der Waals surface area contributed by atoms with E-state index in [2.05, 4.69) is 4.99 Å². The van der Waals surface area contributed by atoms with E-state index >= 15 is 0 Å². The summed E-state index contributed by atoms with van der Waals surface area (Å²) in [5.74, 6) is -1.14. The lowest BCUT2D eigenvalue weighted by Crippen LogP contribution is -2.23. The van der Waals surface area contributed by atoms with E-state index in [1.807, 2.05) is 32.0 Å². The monoisotopic (exact) mass is 400 g/mol. The van der Waals surface area contributed by atoms with Crippen LogP contribution in [-0.4, -0.2) is 23.1 Å². The maximum atomic E-state index is 13.6. The van der Waals surface area contributed by atoms with E-state index in [4.69, 9.17) is 4.74 Å². The molecule has 3 aromatic rings. The summed E-state index contributed by atoms with van der Waals surface area (Å²) in [5.41, 5.74) is 3.64. The van der Waals surface area contributed by atoms with Gasteiger partial charge in [0.15, 0.2) is 4.80 Å². The second-order valence-corrected chi connectivity index (χ2v) is 7.51. The minimum Gasteiger partial charge on any atom is -0.465 e. The molecule has 0 N–H and O–H groups in total. The van der Waals surface area contributed by atoms with Crippen LogP contribution in [0.15, 0.2) is 41.4 Å². The van der Waals surface area contributed by atoms with Gasteiger partial charge in [-0.05, 0) is 50.1 Å². The van der Waals surface area contributed by atoms with Crippen LogP contribution in [0.4, 0.5) is 4.39 Å². The first-order valence-corrected chi connectivity index (χ1v) is 9.77. The van der Waals surface area contributed by atoms with Crippen molar-refractivity contribution in [2.45, 2.75) is 33.7 Å². The van der Waals surface area contributed by atoms with E-state index in [0.717, 1.165) is 16.7 Å². The zero-order chi connectivity index (χ0) is 20.3. The molecule has 0 radical (unpaired) electrons. The number of ether oxygens (including phenoxy) is 1. The third-order valence-corrected chi connectivity index (χ3v) is 5.35. The minimum absolute atomic E-state index is 0.0882. The van der Waals surface area contributed by atoms with Gasteiger partial charge in [0.25, 0.3) is 5.91 Å². The van der Waals surface area contributed by atoms with Crippen molar-refractivity contribution in [2.24, 2.45) is 4.99 Å². The predicted molar refractivity (Wildman–Crippen MR) is 107 cm³/mol. The van der Waals surface area contributed by atoms with Crippen LogP contribution < -0.4 is 4.80 Å². The standard InChI is InChI=1S/C21H21FN2O3S/c1-4-27-20(26)12-24-17-8-7-16(22)11-18(17)28-21(24)23-19(25)10-15-9-13(2)5-6-14(15)3/h5-9,11H,4,10,12H2,1-3H3. The van der Waals surface area contributed by atoms with Crippen molar-refractivity contribution in [3.8, 4) is 0 Å². The predicted octanol–water partition coefficient (Wildman–Crippen LogP) is 3.69. The summed E-state index contributed by atoms with van der Waals surface area (Å²) >= 11 is 1.17. The van der Waals surface area contributed by atoms with Gasteiger partial charge in [0.1, 0.15) is 12.4 Å². The number of carbonyl (C=O) groups is 2. The van der Waals surface area contributed by atoms with Crippen LogP contribution in [0.5, 0.6) is 0 Å². The maximum Gasteiger partial charge on any atom is 0.326 e. The van der Waals surface area contributed by atoms with E-state index in [1.165, 1.54) is 23.5 Å². The van der Waals surface area contributed by atoms with Crippen molar-refractivity contribution in [3.63, 3.8) is 0 Å². The number of benzene rings is 2. The summed E-state index contributed by atoms with van der Waals surface area (Å²) in [5, 5.41) is 0. The number of thiazole rings is 1. The lowest BCUT2D eigenvalue weighted by Gasteiger charge is -2.06. The van der Waals surface area contributed by atoms with Crippen molar-refractivity contribution in [2.75, 3.05) is 6.61 Å². The van der Waals surface area contributed by atoms with Crippen LogP contribution in [0, 0.1) is 19.7 Å². The molecular formula is C21H21FN2O3S. The highest BCUT2D eigenvalue weighted by Gasteiger charge is 2.13. The molecule has 0 aliphatic rings. The van der Waals surface area contributed by atoms with Crippen LogP contribution in [0.1, 0.15) is 23.6 Å². The van der Waals surface area contributed by atoms with E-state index in [-0.39, 0.29) is 31.3 Å². The molecule has 0 saturated carbocycles. The summed E-state index contributed by atoms with van der Waals surface area (Å²) in [6, 6.07) is 10.2. The Kier molecular flexibility index (Phi) is 6.04. The summed E-state index contributed by atoms with van der Waals surface area (Å²) in [6.45, 7) is 5.81. The lowest BCUT2D eigenvalue weighted by atomic mass is 10.0. The van der Waals surface area contributed by atoms with Crippen LogP contribution in [-0.2, 0) is 27.3 Å². The van der Waals surface area contributed by atoms with Gasteiger partial charge in [-0.25, -0.2) is 4.39 Å². The van der Waals surface area contributed by atoms with Crippen molar-refractivity contribution >= 4 is 33.4 Å². The van der Waals surface area contributed by atoms with Crippen LogP contribution >= 0.6 is 11.3 Å². The van der Waals surface area contributed by atoms with Crippen molar-refractivity contribution in [1.82, 2.24) is 4.57 Å². The van der Waals surface area contributed by atoms with Gasteiger partial charge in [0, 0.05) is 0 Å². The fraction of sp³-hybridized carbons (Fsp3) is 0.286. The van der Waals surface area contributed by atoms with Gasteiger partial charge in [0.2, 0.25) is 0 Å². The molecule has 0 aliphatic carbocycles. The molecule has 146 valence electrons.